The van der Waals surface area contributed by atoms with Crippen LogP contribution in [0.3, 0.4) is 0 Å². The molecule has 0 fully saturated rings. The van der Waals surface area contributed by atoms with Crippen molar-refractivity contribution in [3.8, 4) is 55.6 Å². The number of hydrogen-bond donors (Lipinski definition) is 0. The quantitative estimate of drug-likeness (QED) is 0.156. The minimum absolute atomic E-state index is 1.21. The van der Waals surface area contributed by atoms with Gasteiger partial charge in [0.15, 0.2) is 0 Å². The van der Waals surface area contributed by atoms with Crippen LogP contribution in [0.4, 0.5) is 0 Å². The van der Waals surface area contributed by atoms with Gasteiger partial charge in [0, 0.05) is 0 Å². The molecule has 0 aliphatic carbocycles. The van der Waals surface area contributed by atoms with Crippen molar-refractivity contribution >= 4 is 53.9 Å². The largest absolute Gasteiger partial charge is 0.0616 e. The molecule has 0 nitrogen and oxygen atoms in total. The third-order valence-corrected chi connectivity index (χ3v) is 11.6. The molecule has 0 bridgehead atoms. The fourth-order valence-corrected chi connectivity index (χ4v) is 8.80. The minimum Gasteiger partial charge on any atom is -0.0616 e. The molecule has 0 saturated heterocycles. The zero-order valence-corrected chi connectivity index (χ0v) is 30.8. The van der Waals surface area contributed by atoms with E-state index >= 15 is 0 Å². The maximum absolute atomic E-state index is 2.43. The second kappa shape index (κ2) is 13.2. The third kappa shape index (κ3) is 5.54. The highest BCUT2D eigenvalue weighted by Gasteiger charge is 2.19. The zero-order chi connectivity index (χ0) is 37.0. The second-order valence-corrected chi connectivity index (χ2v) is 14.9. The lowest BCUT2D eigenvalue weighted by Gasteiger charge is -2.20. The van der Waals surface area contributed by atoms with Crippen LogP contribution in [0.2, 0.25) is 0 Å². The van der Waals surface area contributed by atoms with Crippen LogP contribution in [-0.2, 0) is 0 Å². The van der Waals surface area contributed by atoms with Gasteiger partial charge in [-0.2, -0.15) is 0 Å². The molecule has 0 amide bonds. The number of rotatable bonds is 5. The van der Waals surface area contributed by atoms with E-state index in [9.17, 15) is 0 Å². The second-order valence-electron chi connectivity index (χ2n) is 14.9. The molecule has 0 aliphatic heterocycles. The van der Waals surface area contributed by atoms with Gasteiger partial charge in [-0.1, -0.05) is 182 Å². The van der Waals surface area contributed by atoms with E-state index in [1.807, 2.05) is 0 Å². The lowest BCUT2D eigenvalue weighted by Crippen LogP contribution is -1.92. The van der Waals surface area contributed by atoms with E-state index in [0.29, 0.717) is 0 Å². The van der Waals surface area contributed by atoms with E-state index < -0.39 is 0 Å². The van der Waals surface area contributed by atoms with Gasteiger partial charge in [-0.25, -0.2) is 0 Å². The SMILES string of the molecule is c1cc(-c2ccc3ccccc3c2)cc(-c2c3ccccc3c(-c3cccc(-c4ccc5ccccc5c4)c3)c3cc(-c4ccc5ccccc5c4)ccc23)c1. The van der Waals surface area contributed by atoms with Gasteiger partial charge in [0.05, 0.1) is 0 Å². The van der Waals surface area contributed by atoms with Gasteiger partial charge in [0.1, 0.15) is 0 Å². The Morgan fingerprint density at radius 1 is 0.161 bits per heavy atom. The normalized spacial score (nSPS) is 11.6. The molecule has 0 aromatic heterocycles. The molecule has 0 saturated carbocycles. The Kier molecular flexibility index (Phi) is 7.60. The maximum atomic E-state index is 2.43. The Morgan fingerprint density at radius 2 is 0.482 bits per heavy atom. The summed E-state index contributed by atoms with van der Waals surface area (Å²) in [7, 11) is 0. The lowest BCUT2D eigenvalue weighted by molar-refractivity contribution is 1.61. The topological polar surface area (TPSA) is 0 Å². The van der Waals surface area contributed by atoms with Crippen molar-refractivity contribution in [3.05, 3.63) is 218 Å². The Labute approximate surface area is 326 Å². The molecular weight excluding hydrogens is 673 g/mol. The standard InChI is InChI=1S/C56H36/c1-4-14-40-31-45(26-23-37(40)11-1)43-17-9-19-49(34-43)55-51-21-7-8-22-52(51)56(50-20-10-18-44(35-50)46-27-24-38-12-2-5-15-41(38)32-46)54-36-48(29-30-53(54)55)47-28-25-39-13-3-6-16-42(39)33-47/h1-36H. The van der Waals surface area contributed by atoms with Gasteiger partial charge in [0.2, 0.25) is 0 Å². The van der Waals surface area contributed by atoms with E-state index in [2.05, 4.69) is 218 Å². The fraction of sp³-hybridized carbons (Fsp3) is 0. The van der Waals surface area contributed by atoms with Crippen molar-refractivity contribution in [1.29, 1.82) is 0 Å². The summed E-state index contributed by atoms with van der Waals surface area (Å²) in [6, 6.07) is 80.6. The third-order valence-electron chi connectivity index (χ3n) is 11.6. The average Bonchev–Trinajstić information content (AvgIpc) is 3.27. The Bertz CT molecular complexity index is 3310. The Hall–Kier alpha value is -7.28. The molecule has 0 spiro atoms. The average molecular weight is 709 g/mol. The summed E-state index contributed by atoms with van der Waals surface area (Å²) in [5.74, 6) is 0. The molecule has 0 heteroatoms. The lowest BCUT2D eigenvalue weighted by atomic mass is 9.83. The monoisotopic (exact) mass is 708 g/mol. The molecule has 0 radical (unpaired) electrons. The van der Waals surface area contributed by atoms with Crippen LogP contribution in [0.1, 0.15) is 0 Å². The van der Waals surface area contributed by atoms with Gasteiger partial charge in [-0.3, -0.25) is 0 Å². The van der Waals surface area contributed by atoms with Crippen molar-refractivity contribution in [1.82, 2.24) is 0 Å². The fourth-order valence-electron chi connectivity index (χ4n) is 8.80. The van der Waals surface area contributed by atoms with Gasteiger partial charge in [-0.05, 0) is 146 Å². The smallest absolute Gasteiger partial charge is 0.00259 e. The van der Waals surface area contributed by atoms with Crippen LogP contribution in [0.15, 0.2) is 218 Å². The number of hydrogen-bond acceptors (Lipinski definition) is 0. The first kappa shape index (κ1) is 32.2. The molecule has 260 valence electrons. The summed E-state index contributed by atoms with van der Waals surface area (Å²) in [5.41, 5.74) is 12.2. The number of fused-ring (bicyclic) bond motifs is 5. The Morgan fingerprint density at radius 3 is 0.946 bits per heavy atom. The highest BCUT2D eigenvalue weighted by molar-refractivity contribution is 6.22. The van der Waals surface area contributed by atoms with Gasteiger partial charge in [-0.15, -0.1) is 0 Å². The van der Waals surface area contributed by atoms with Crippen LogP contribution in [0, 0.1) is 0 Å². The molecule has 0 N–H and O–H groups in total. The zero-order valence-electron chi connectivity index (χ0n) is 30.8. The molecule has 0 aliphatic rings. The van der Waals surface area contributed by atoms with E-state index in [1.54, 1.807) is 0 Å². The molecule has 0 heterocycles. The van der Waals surface area contributed by atoms with Crippen molar-refractivity contribution in [2.24, 2.45) is 0 Å². The summed E-state index contributed by atoms with van der Waals surface area (Å²) in [4.78, 5) is 0. The van der Waals surface area contributed by atoms with Crippen molar-refractivity contribution in [3.63, 3.8) is 0 Å². The first-order chi connectivity index (χ1) is 27.7. The highest BCUT2D eigenvalue weighted by Crippen LogP contribution is 2.46. The summed E-state index contributed by atoms with van der Waals surface area (Å²) in [6.07, 6.45) is 0. The van der Waals surface area contributed by atoms with Crippen LogP contribution >= 0.6 is 0 Å². The maximum Gasteiger partial charge on any atom is -0.00259 e. The summed E-state index contributed by atoms with van der Waals surface area (Å²) in [5, 5.41) is 12.5. The Balaban J connectivity index is 1.16. The number of benzene rings is 11. The molecule has 11 rings (SSSR count). The summed E-state index contributed by atoms with van der Waals surface area (Å²) >= 11 is 0. The van der Waals surface area contributed by atoms with Crippen LogP contribution in [0.5, 0.6) is 0 Å². The molecule has 0 atom stereocenters. The first-order valence-electron chi connectivity index (χ1n) is 19.4. The van der Waals surface area contributed by atoms with Crippen molar-refractivity contribution in [2.45, 2.75) is 0 Å². The minimum atomic E-state index is 1.21. The van der Waals surface area contributed by atoms with E-state index in [-0.39, 0.29) is 0 Å². The van der Waals surface area contributed by atoms with E-state index in [0.717, 1.165) is 0 Å². The molecular formula is C56H36. The van der Waals surface area contributed by atoms with Gasteiger partial charge >= 0.3 is 0 Å². The van der Waals surface area contributed by atoms with Gasteiger partial charge in [0.25, 0.3) is 0 Å². The van der Waals surface area contributed by atoms with Crippen LogP contribution < -0.4 is 0 Å². The molecule has 11 aromatic carbocycles. The highest BCUT2D eigenvalue weighted by atomic mass is 14.2. The van der Waals surface area contributed by atoms with Crippen LogP contribution in [0.25, 0.3) is 109 Å². The summed E-state index contributed by atoms with van der Waals surface area (Å²) in [6.45, 7) is 0. The van der Waals surface area contributed by atoms with Crippen molar-refractivity contribution < 1.29 is 0 Å². The predicted molar refractivity (Wildman–Crippen MR) is 241 cm³/mol. The first-order valence-corrected chi connectivity index (χ1v) is 19.4. The predicted octanol–water partition coefficient (Wildman–Crippen LogP) is 15.8. The van der Waals surface area contributed by atoms with E-state index in [1.165, 1.54) is 109 Å². The molecule has 0 unspecified atom stereocenters. The van der Waals surface area contributed by atoms with Crippen LogP contribution in [-0.4, -0.2) is 0 Å². The summed E-state index contributed by atoms with van der Waals surface area (Å²) < 4.78 is 0. The molecule has 11 aromatic rings. The van der Waals surface area contributed by atoms with E-state index in [4.69, 9.17) is 0 Å². The van der Waals surface area contributed by atoms with Gasteiger partial charge < -0.3 is 0 Å². The van der Waals surface area contributed by atoms with Crippen molar-refractivity contribution in [2.75, 3.05) is 0 Å². The molecule has 56 heavy (non-hydrogen) atoms.